The number of aromatic amines is 1. The molecule has 42 heavy (non-hydrogen) atoms. The summed E-state index contributed by atoms with van der Waals surface area (Å²) in [5, 5.41) is 4.81. The number of hydrogen-bond donors (Lipinski definition) is 1. The highest BCUT2D eigenvalue weighted by Gasteiger charge is 2.35. The molecule has 4 aromatic rings. The van der Waals surface area contributed by atoms with Crippen molar-refractivity contribution in [3.63, 3.8) is 0 Å². The van der Waals surface area contributed by atoms with Crippen LogP contribution in [0.3, 0.4) is 0 Å². The van der Waals surface area contributed by atoms with Crippen molar-refractivity contribution in [1.82, 2.24) is 23.9 Å². The van der Waals surface area contributed by atoms with Crippen molar-refractivity contribution in [2.45, 2.75) is 82.4 Å². The maximum atomic E-state index is 14.1. The Labute approximate surface area is 245 Å². The van der Waals surface area contributed by atoms with Gasteiger partial charge in [0.2, 0.25) is 10.0 Å². The largest absolute Gasteiger partial charge is 0.493 e. The number of imidazole rings is 1. The van der Waals surface area contributed by atoms with E-state index in [1.165, 1.54) is 4.31 Å². The molecule has 0 spiro atoms. The van der Waals surface area contributed by atoms with Crippen molar-refractivity contribution >= 4 is 15.5 Å². The van der Waals surface area contributed by atoms with Gasteiger partial charge in [0.1, 0.15) is 17.8 Å². The van der Waals surface area contributed by atoms with Crippen LogP contribution in [0.2, 0.25) is 0 Å². The van der Waals surface area contributed by atoms with Crippen LogP contribution in [0.15, 0.2) is 58.2 Å². The molecule has 222 valence electrons. The maximum Gasteiger partial charge on any atom is 0.277 e. The van der Waals surface area contributed by atoms with Crippen molar-refractivity contribution in [3.05, 3.63) is 76.0 Å². The fourth-order valence-corrected chi connectivity index (χ4v) is 7.74. The Balaban J connectivity index is 1.39. The second-order valence-electron chi connectivity index (χ2n) is 11.1. The van der Waals surface area contributed by atoms with Gasteiger partial charge in [0.05, 0.1) is 29.4 Å². The van der Waals surface area contributed by atoms with E-state index in [4.69, 9.17) is 19.6 Å². The highest BCUT2D eigenvalue weighted by atomic mass is 32.2. The van der Waals surface area contributed by atoms with Crippen molar-refractivity contribution in [1.29, 1.82) is 0 Å². The molecule has 0 amide bonds. The molecular weight excluding hydrogens is 554 g/mol. The number of nitrogens with zero attached hydrogens (tertiary/aromatic N) is 4. The van der Waals surface area contributed by atoms with Crippen LogP contribution in [-0.4, -0.2) is 51.7 Å². The van der Waals surface area contributed by atoms with Crippen molar-refractivity contribution < 1.29 is 17.9 Å². The monoisotopic (exact) mass is 591 g/mol. The Hall–Kier alpha value is -3.54. The first kappa shape index (κ1) is 28.6. The number of hydrogen-bond acceptors (Lipinski definition) is 7. The molecule has 2 aliphatic rings. The van der Waals surface area contributed by atoms with E-state index in [1.54, 1.807) is 22.7 Å². The number of benzene rings is 2. The summed E-state index contributed by atoms with van der Waals surface area (Å²) in [7, 11) is -3.93. The molecule has 3 heterocycles. The predicted octanol–water partition coefficient (Wildman–Crippen LogP) is 5.17. The number of rotatable bonds is 9. The summed E-state index contributed by atoms with van der Waals surface area (Å²) >= 11 is 0. The van der Waals surface area contributed by atoms with Gasteiger partial charge in [-0.3, -0.25) is 4.79 Å². The topological polar surface area (TPSA) is 119 Å². The van der Waals surface area contributed by atoms with Crippen LogP contribution in [0.1, 0.15) is 74.9 Å². The van der Waals surface area contributed by atoms with Gasteiger partial charge in [0.15, 0.2) is 11.3 Å². The Morgan fingerprint density at radius 1 is 1.02 bits per heavy atom. The molecule has 0 bridgehead atoms. The number of fused-ring (bicyclic) bond motifs is 1. The molecule has 1 saturated heterocycles. The van der Waals surface area contributed by atoms with Crippen LogP contribution in [0.25, 0.3) is 16.9 Å². The van der Waals surface area contributed by atoms with Crippen molar-refractivity contribution in [3.8, 4) is 17.1 Å². The van der Waals surface area contributed by atoms with Crippen LogP contribution in [0.5, 0.6) is 5.75 Å². The molecular formula is C31H37N5O5S. The molecule has 11 heteroatoms. The van der Waals surface area contributed by atoms with E-state index in [1.807, 2.05) is 44.2 Å². The fourth-order valence-electron chi connectivity index (χ4n) is 6.12. The molecule has 1 saturated carbocycles. The lowest BCUT2D eigenvalue weighted by Gasteiger charge is -2.34. The van der Waals surface area contributed by atoms with E-state index >= 15 is 0 Å². The van der Waals surface area contributed by atoms with Crippen molar-refractivity contribution in [2.75, 3.05) is 13.2 Å². The van der Waals surface area contributed by atoms with Gasteiger partial charge in [-0.2, -0.15) is 4.31 Å². The Kier molecular flexibility index (Phi) is 8.15. The smallest absolute Gasteiger partial charge is 0.277 e. The highest BCUT2D eigenvalue weighted by molar-refractivity contribution is 7.89. The van der Waals surface area contributed by atoms with Crippen LogP contribution < -0.4 is 10.3 Å². The van der Waals surface area contributed by atoms with Gasteiger partial charge in [0, 0.05) is 12.5 Å². The zero-order valence-electron chi connectivity index (χ0n) is 24.1. The average Bonchev–Trinajstić information content (AvgIpc) is 3.65. The second-order valence-corrected chi connectivity index (χ2v) is 12.9. The van der Waals surface area contributed by atoms with Gasteiger partial charge >= 0.3 is 0 Å². The number of piperidine rings is 1. The van der Waals surface area contributed by atoms with E-state index in [0.717, 1.165) is 49.9 Å². The number of H-pyrrole nitrogens is 1. The molecule has 1 atom stereocenters. The molecule has 2 aromatic carbocycles. The van der Waals surface area contributed by atoms with E-state index in [-0.39, 0.29) is 22.2 Å². The third kappa shape index (κ3) is 5.48. The zero-order chi connectivity index (χ0) is 29.3. The normalized spacial score (nSPS) is 18.6. The summed E-state index contributed by atoms with van der Waals surface area (Å²) in [5.41, 5.74) is 2.11. The van der Waals surface area contributed by atoms with Gasteiger partial charge in [-0.25, -0.2) is 17.9 Å². The molecule has 2 aromatic heterocycles. The lowest BCUT2D eigenvalue weighted by Crippen LogP contribution is -2.45. The highest BCUT2D eigenvalue weighted by Crippen LogP contribution is 2.36. The zero-order valence-corrected chi connectivity index (χ0v) is 24.9. The summed E-state index contributed by atoms with van der Waals surface area (Å²) in [6.07, 6.45) is 5.93. The molecule has 1 unspecified atom stereocenters. The first-order chi connectivity index (χ1) is 20.4. The number of aryl methyl sites for hydroxylation is 1. The third-order valence-electron chi connectivity index (χ3n) is 8.22. The van der Waals surface area contributed by atoms with E-state index in [9.17, 15) is 13.2 Å². The average molecular weight is 592 g/mol. The first-order valence-corrected chi connectivity index (χ1v) is 16.2. The van der Waals surface area contributed by atoms with Crippen LogP contribution in [0, 0.1) is 6.92 Å². The van der Waals surface area contributed by atoms with Crippen LogP contribution in [-0.2, 0) is 21.4 Å². The predicted molar refractivity (Wildman–Crippen MR) is 159 cm³/mol. The lowest BCUT2D eigenvalue weighted by atomic mass is 10.1. The first-order valence-electron chi connectivity index (χ1n) is 14.8. The summed E-state index contributed by atoms with van der Waals surface area (Å²) in [4.78, 5) is 21.0. The molecule has 10 nitrogen and oxygen atoms in total. The number of ether oxygens (including phenoxy) is 2. The van der Waals surface area contributed by atoms with Crippen LogP contribution in [0.4, 0.5) is 0 Å². The SMILES string of the molecule is CCOc1ccc(S(=O)(=O)N2CCCCC2OCc2ccccc2)cc1-c1nn2c(C3CCCC3)nc(C)c2c(=O)[nH]1. The number of sulfonamides is 1. The Bertz CT molecular complexity index is 1730. The van der Waals surface area contributed by atoms with Crippen molar-refractivity contribution in [2.24, 2.45) is 0 Å². The third-order valence-corrected chi connectivity index (χ3v) is 10.1. The van der Waals surface area contributed by atoms with Gasteiger partial charge in [-0.1, -0.05) is 43.2 Å². The number of aromatic nitrogens is 4. The number of nitrogens with one attached hydrogen (secondary N) is 1. The second kappa shape index (κ2) is 12.0. The standard InChI is InChI=1S/C31H37N5O5S/c1-3-40-26-17-16-24(42(38,39)35-18-10-9-15-27(35)41-20-22-11-5-4-6-12-22)19-25(26)29-33-31(37)28-21(2)32-30(36(28)34-29)23-13-7-8-14-23/h4-6,11-12,16-17,19,23,27H,3,7-10,13-15,18,20H2,1-2H3,(H,33,34,37). The van der Waals surface area contributed by atoms with Gasteiger partial charge < -0.3 is 14.5 Å². The van der Waals surface area contributed by atoms with Crippen LogP contribution >= 0.6 is 0 Å². The molecule has 2 fully saturated rings. The minimum Gasteiger partial charge on any atom is -0.493 e. The lowest BCUT2D eigenvalue weighted by molar-refractivity contribution is -0.0486. The quantitative estimate of drug-likeness (QED) is 0.285. The maximum absolute atomic E-state index is 14.1. The van der Waals surface area contributed by atoms with Gasteiger partial charge in [-0.05, 0) is 69.7 Å². The summed E-state index contributed by atoms with van der Waals surface area (Å²) < 4.78 is 43.3. The summed E-state index contributed by atoms with van der Waals surface area (Å²) in [6.45, 7) is 4.73. The molecule has 1 aliphatic heterocycles. The minimum atomic E-state index is -3.93. The van der Waals surface area contributed by atoms with E-state index in [0.29, 0.717) is 48.7 Å². The molecule has 1 N–H and O–H groups in total. The molecule has 6 rings (SSSR count). The molecule has 1 aliphatic carbocycles. The van der Waals surface area contributed by atoms with E-state index in [2.05, 4.69) is 4.98 Å². The molecule has 0 radical (unpaired) electrons. The van der Waals surface area contributed by atoms with E-state index < -0.39 is 16.3 Å². The summed E-state index contributed by atoms with van der Waals surface area (Å²) in [5.74, 6) is 1.69. The minimum absolute atomic E-state index is 0.0942. The Morgan fingerprint density at radius 2 is 1.79 bits per heavy atom. The fraction of sp³-hybridized carbons (Fsp3) is 0.452. The van der Waals surface area contributed by atoms with Gasteiger partial charge in [0.25, 0.3) is 5.56 Å². The Morgan fingerprint density at radius 3 is 2.55 bits per heavy atom. The van der Waals surface area contributed by atoms with Gasteiger partial charge in [-0.15, -0.1) is 5.10 Å². The summed E-state index contributed by atoms with van der Waals surface area (Å²) in [6, 6.07) is 14.5.